The molecule has 0 fully saturated rings. The normalized spacial score (nSPS) is 15.3. The fourth-order valence-corrected chi connectivity index (χ4v) is 1.86. The molecule has 108 valence electrons. The first-order chi connectivity index (χ1) is 8.65. The Balaban J connectivity index is 2.72. The molecule has 0 saturated heterocycles. The van der Waals surface area contributed by atoms with Crippen LogP contribution in [0.2, 0.25) is 0 Å². The molecule has 0 aromatic heterocycles. The number of hydrogen-bond donors (Lipinski definition) is 1. The van der Waals surface area contributed by atoms with Gasteiger partial charge in [0.1, 0.15) is 5.82 Å². The van der Waals surface area contributed by atoms with E-state index in [0.717, 1.165) is 5.56 Å². The lowest BCUT2D eigenvalue weighted by molar-refractivity contribution is -0.149. The lowest BCUT2D eigenvalue weighted by atomic mass is 9.93. The first-order valence-electron chi connectivity index (χ1n) is 6.22. The third-order valence-corrected chi connectivity index (χ3v) is 3.29. The van der Waals surface area contributed by atoms with E-state index in [0.29, 0.717) is 12.0 Å². The smallest absolute Gasteiger partial charge is 0.307 e. The van der Waals surface area contributed by atoms with Crippen molar-refractivity contribution in [2.24, 2.45) is 0 Å². The first kappa shape index (κ1) is 16.0. The van der Waals surface area contributed by atoms with Gasteiger partial charge in [-0.15, -0.1) is 0 Å². The number of aryl methyl sites for hydroxylation is 1. The third-order valence-electron chi connectivity index (χ3n) is 3.29. The second kappa shape index (κ2) is 5.90. The summed E-state index contributed by atoms with van der Waals surface area (Å²) in [6.07, 6.45) is -4.84. The summed E-state index contributed by atoms with van der Waals surface area (Å²) < 4.78 is 51.1. The Labute approximate surface area is 111 Å². The van der Waals surface area contributed by atoms with Gasteiger partial charge in [-0.3, -0.25) is 0 Å². The van der Waals surface area contributed by atoms with Gasteiger partial charge < -0.3 is 5.32 Å². The van der Waals surface area contributed by atoms with Gasteiger partial charge in [-0.05, 0) is 31.9 Å². The van der Waals surface area contributed by atoms with Crippen LogP contribution in [0.15, 0.2) is 18.2 Å². The maximum Gasteiger partial charge on any atom is 0.390 e. The van der Waals surface area contributed by atoms with Crippen molar-refractivity contribution >= 4 is 0 Å². The highest BCUT2D eigenvalue weighted by Crippen LogP contribution is 2.29. The van der Waals surface area contributed by atoms with Crippen molar-refractivity contribution in [3.63, 3.8) is 0 Å². The van der Waals surface area contributed by atoms with Crippen LogP contribution in [0.5, 0.6) is 0 Å². The van der Waals surface area contributed by atoms with Gasteiger partial charge in [0.05, 0.1) is 6.42 Å². The van der Waals surface area contributed by atoms with E-state index in [1.165, 1.54) is 13.0 Å². The minimum Gasteiger partial charge on any atom is -0.307 e. The van der Waals surface area contributed by atoms with Crippen LogP contribution in [0.1, 0.15) is 37.8 Å². The van der Waals surface area contributed by atoms with Crippen LogP contribution >= 0.6 is 0 Å². The molecule has 0 amide bonds. The van der Waals surface area contributed by atoms with Crippen LogP contribution in [0.3, 0.4) is 0 Å². The second-order valence-electron chi connectivity index (χ2n) is 5.15. The molecule has 0 heterocycles. The molecule has 0 bridgehead atoms. The molecule has 0 aliphatic carbocycles. The average Bonchev–Trinajstić information content (AvgIpc) is 2.25. The Bertz CT molecular complexity index is 428. The van der Waals surface area contributed by atoms with Crippen molar-refractivity contribution in [2.45, 2.75) is 51.9 Å². The van der Waals surface area contributed by atoms with Gasteiger partial charge in [0.15, 0.2) is 0 Å². The lowest BCUT2D eigenvalue weighted by Gasteiger charge is -2.31. The monoisotopic (exact) mass is 277 g/mol. The van der Waals surface area contributed by atoms with Crippen molar-refractivity contribution in [1.82, 2.24) is 5.32 Å². The Morgan fingerprint density at radius 2 is 1.84 bits per heavy atom. The Morgan fingerprint density at radius 3 is 2.32 bits per heavy atom. The van der Waals surface area contributed by atoms with Crippen molar-refractivity contribution < 1.29 is 17.6 Å². The molecule has 19 heavy (non-hydrogen) atoms. The predicted molar refractivity (Wildman–Crippen MR) is 67.3 cm³/mol. The largest absolute Gasteiger partial charge is 0.390 e. The van der Waals surface area contributed by atoms with E-state index < -0.39 is 24.0 Å². The van der Waals surface area contributed by atoms with Crippen molar-refractivity contribution in [3.05, 3.63) is 35.1 Å². The third kappa shape index (κ3) is 5.19. The highest BCUT2D eigenvalue weighted by Gasteiger charge is 2.38. The second-order valence-corrected chi connectivity index (χ2v) is 5.15. The molecule has 1 aromatic carbocycles. The average molecular weight is 277 g/mol. The summed E-state index contributed by atoms with van der Waals surface area (Å²) in [6, 6.07) is 4.72. The molecular weight excluding hydrogens is 258 g/mol. The summed E-state index contributed by atoms with van der Waals surface area (Å²) >= 11 is 0. The highest BCUT2D eigenvalue weighted by molar-refractivity contribution is 5.23. The molecule has 1 rings (SSSR count). The van der Waals surface area contributed by atoms with E-state index in [9.17, 15) is 17.6 Å². The zero-order chi connectivity index (χ0) is 14.7. The number of alkyl halides is 3. The number of halogens is 4. The standard InChI is InChI=1S/C14H19F4N/c1-4-13(3,9-14(16,17)18)19-8-11-6-5-10(2)7-12(11)15/h5-7,19H,4,8-9H2,1-3H3. The van der Waals surface area contributed by atoms with Gasteiger partial charge in [0.25, 0.3) is 0 Å². The van der Waals surface area contributed by atoms with Gasteiger partial charge in [0, 0.05) is 17.6 Å². The molecular formula is C14H19F4N. The summed E-state index contributed by atoms with van der Waals surface area (Å²) in [5.41, 5.74) is 0.0949. The van der Waals surface area contributed by atoms with Gasteiger partial charge in [-0.1, -0.05) is 19.1 Å². The van der Waals surface area contributed by atoms with E-state index in [-0.39, 0.29) is 6.54 Å². The van der Waals surface area contributed by atoms with Gasteiger partial charge in [-0.2, -0.15) is 13.2 Å². The van der Waals surface area contributed by atoms with Crippen LogP contribution in [-0.4, -0.2) is 11.7 Å². The van der Waals surface area contributed by atoms with E-state index in [4.69, 9.17) is 0 Å². The summed E-state index contributed by atoms with van der Waals surface area (Å²) in [4.78, 5) is 0. The Kier molecular flexibility index (Phi) is 4.96. The molecule has 1 N–H and O–H groups in total. The van der Waals surface area contributed by atoms with Gasteiger partial charge in [0.2, 0.25) is 0 Å². The fraction of sp³-hybridized carbons (Fsp3) is 0.571. The molecule has 0 radical (unpaired) electrons. The van der Waals surface area contributed by atoms with Crippen LogP contribution < -0.4 is 5.32 Å². The topological polar surface area (TPSA) is 12.0 Å². The molecule has 0 spiro atoms. The van der Waals surface area contributed by atoms with E-state index in [1.54, 1.807) is 26.0 Å². The quantitative estimate of drug-likeness (QED) is 0.789. The number of nitrogens with one attached hydrogen (secondary N) is 1. The first-order valence-corrected chi connectivity index (χ1v) is 6.22. The molecule has 5 heteroatoms. The number of benzene rings is 1. The molecule has 1 nitrogen and oxygen atoms in total. The van der Waals surface area contributed by atoms with Gasteiger partial charge in [-0.25, -0.2) is 4.39 Å². The summed E-state index contributed by atoms with van der Waals surface area (Å²) in [5, 5.41) is 2.82. The van der Waals surface area contributed by atoms with Crippen molar-refractivity contribution in [1.29, 1.82) is 0 Å². The lowest BCUT2D eigenvalue weighted by Crippen LogP contribution is -2.45. The van der Waals surface area contributed by atoms with Crippen molar-refractivity contribution in [3.8, 4) is 0 Å². The zero-order valence-electron chi connectivity index (χ0n) is 11.4. The molecule has 0 saturated carbocycles. The van der Waals surface area contributed by atoms with Crippen LogP contribution in [0.25, 0.3) is 0 Å². The molecule has 1 atom stereocenters. The van der Waals surface area contributed by atoms with Crippen molar-refractivity contribution in [2.75, 3.05) is 0 Å². The van der Waals surface area contributed by atoms with Crippen LogP contribution in [0, 0.1) is 12.7 Å². The maximum atomic E-state index is 13.6. The number of rotatable bonds is 5. The van der Waals surface area contributed by atoms with Crippen LogP contribution in [0.4, 0.5) is 17.6 Å². The summed E-state index contributed by atoms with van der Waals surface area (Å²) in [6.45, 7) is 5.05. The molecule has 0 aliphatic rings. The highest BCUT2D eigenvalue weighted by atomic mass is 19.4. The molecule has 1 aromatic rings. The fourth-order valence-electron chi connectivity index (χ4n) is 1.86. The van der Waals surface area contributed by atoms with E-state index >= 15 is 0 Å². The summed E-state index contributed by atoms with van der Waals surface area (Å²) in [5.74, 6) is -0.391. The van der Waals surface area contributed by atoms with Gasteiger partial charge >= 0.3 is 6.18 Å². The molecule has 0 aliphatic heterocycles. The van der Waals surface area contributed by atoms with Crippen LogP contribution in [-0.2, 0) is 6.54 Å². The number of hydrogen-bond acceptors (Lipinski definition) is 1. The Hall–Kier alpha value is -1.10. The minimum atomic E-state index is -4.23. The molecule has 1 unspecified atom stereocenters. The minimum absolute atomic E-state index is 0.0898. The summed E-state index contributed by atoms with van der Waals surface area (Å²) in [7, 11) is 0. The zero-order valence-corrected chi connectivity index (χ0v) is 11.4. The Morgan fingerprint density at radius 1 is 1.21 bits per heavy atom. The maximum absolute atomic E-state index is 13.6. The van der Waals surface area contributed by atoms with E-state index in [1.807, 2.05) is 0 Å². The van der Waals surface area contributed by atoms with E-state index in [2.05, 4.69) is 5.32 Å². The predicted octanol–water partition coefficient (Wildman–Crippen LogP) is 4.34. The SMILES string of the molecule is CCC(C)(CC(F)(F)F)NCc1ccc(C)cc1F.